The van der Waals surface area contributed by atoms with Crippen molar-refractivity contribution in [2.24, 2.45) is 23.5 Å². The summed E-state index contributed by atoms with van der Waals surface area (Å²) in [6, 6.07) is -0.550. The van der Waals surface area contributed by atoms with E-state index in [1.165, 1.54) is 7.05 Å². The van der Waals surface area contributed by atoms with E-state index < -0.39 is 6.04 Å². The van der Waals surface area contributed by atoms with Crippen LogP contribution in [0.4, 0.5) is 0 Å². The molecule has 0 aromatic heterocycles. The number of nitrogens with zero attached hydrogens (tertiary/aromatic N) is 1. The summed E-state index contributed by atoms with van der Waals surface area (Å²) in [5.41, 5.74) is 6.07. The fourth-order valence-corrected chi connectivity index (χ4v) is 3.38. The minimum atomic E-state index is -0.581. The molecule has 6 heteroatoms. The van der Waals surface area contributed by atoms with E-state index >= 15 is 0 Å². The van der Waals surface area contributed by atoms with Crippen molar-refractivity contribution in [2.45, 2.75) is 51.6 Å². The topological polar surface area (TPSA) is 92.5 Å². The molecule has 6 nitrogen and oxygen atoms in total. The first-order chi connectivity index (χ1) is 9.81. The van der Waals surface area contributed by atoms with Crippen LogP contribution in [0.2, 0.25) is 0 Å². The summed E-state index contributed by atoms with van der Waals surface area (Å²) in [4.78, 5) is 37.0. The lowest BCUT2D eigenvalue weighted by Crippen LogP contribution is -2.55. The van der Waals surface area contributed by atoms with Gasteiger partial charge in [0.05, 0.1) is 0 Å². The Morgan fingerprint density at radius 3 is 2.57 bits per heavy atom. The molecule has 0 aromatic rings. The fraction of sp³-hybridized carbons (Fsp3) is 0.800. The van der Waals surface area contributed by atoms with E-state index in [-0.39, 0.29) is 35.6 Å². The van der Waals surface area contributed by atoms with Crippen LogP contribution in [-0.4, -0.2) is 41.8 Å². The number of amides is 3. The van der Waals surface area contributed by atoms with Crippen molar-refractivity contribution < 1.29 is 14.4 Å². The molecule has 3 amide bonds. The van der Waals surface area contributed by atoms with E-state index in [2.05, 4.69) is 19.2 Å². The zero-order valence-electron chi connectivity index (χ0n) is 13.0. The molecular formula is C15H25N3O3. The third-order valence-electron chi connectivity index (χ3n) is 4.99. The molecule has 118 valence electrons. The second kappa shape index (κ2) is 6.13. The van der Waals surface area contributed by atoms with Crippen LogP contribution in [0, 0.1) is 17.8 Å². The molecule has 2 rings (SSSR count). The Kier molecular flexibility index (Phi) is 4.66. The summed E-state index contributed by atoms with van der Waals surface area (Å²) in [6.45, 7) is 4.17. The zero-order valence-corrected chi connectivity index (χ0v) is 13.0. The van der Waals surface area contributed by atoms with Crippen LogP contribution in [-0.2, 0) is 14.4 Å². The van der Waals surface area contributed by atoms with Gasteiger partial charge in [-0.3, -0.25) is 19.3 Å². The minimum absolute atomic E-state index is 0.0308. The largest absolute Gasteiger partial charge is 0.344 e. The van der Waals surface area contributed by atoms with Gasteiger partial charge in [-0.1, -0.05) is 13.8 Å². The number of likely N-dealkylation sites (N-methyl/N-ethyl adjacent to an activating group) is 1. The number of hydrogen-bond acceptors (Lipinski definition) is 4. The lowest BCUT2D eigenvalue weighted by Gasteiger charge is -2.37. The predicted octanol–water partition coefficient (Wildman–Crippen LogP) is 0.260. The van der Waals surface area contributed by atoms with Gasteiger partial charge in [0, 0.05) is 25.4 Å². The molecule has 0 aromatic carbocycles. The second-order valence-corrected chi connectivity index (χ2v) is 6.59. The van der Waals surface area contributed by atoms with Crippen LogP contribution >= 0.6 is 0 Å². The van der Waals surface area contributed by atoms with Crippen molar-refractivity contribution in [3.05, 3.63) is 0 Å². The highest BCUT2D eigenvalue weighted by Gasteiger charge is 2.38. The zero-order chi connectivity index (χ0) is 15.7. The molecule has 5 unspecified atom stereocenters. The first-order valence-electron chi connectivity index (χ1n) is 7.67. The molecule has 21 heavy (non-hydrogen) atoms. The number of nitrogens with two attached hydrogens (primary N) is 1. The SMILES string of the molecule is CC1CC(C)C(C(=O)NC2CCC(=O)N(C)C2=O)CC1N. The molecule has 1 saturated carbocycles. The standard InChI is InChI=1S/C15H25N3O3/c1-8-6-9(2)11(16)7-10(8)14(20)17-12-4-5-13(19)18(3)15(12)21/h8-12H,4-7,16H2,1-3H3,(H,17,20). The molecule has 0 radical (unpaired) electrons. The molecule has 0 spiro atoms. The quantitative estimate of drug-likeness (QED) is 0.715. The molecular weight excluding hydrogens is 270 g/mol. The van der Waals surface area contributed by atoms with Crippen LogP contribution in [0.25, 0.3) is 0 Å². The van der Waals surface area contributed by atoms with Crippen molar-refractivity contribution in [1.29, 1.82) is 0 Å². The molecule has 0 bridgehead atoms. The Morgan fingerprint density at radius 1 is 1.24 bits per heavy atom. The van der Waals surface area contributed by atoms with Gasteiger partial charge in [0.1, 0.15) is 6.04 Å². The fourth-order valence-electron chi connectivity index (χ4n) is 3.38. The lowest BCUT2D eigenvalue weighted by molar-refractivity contribution is -0.150. The number of carbonyl (C=O) groups excluding carboxylic acids is 3. The van der Waals surface area contributed by atoms with Gasteiger partial charge in [0.2, 0.25) is 11.8 Å². The lowest BCUT2D eigenvalue weighted by atomic mass is 9.72. The first-order valence-corrected chi connectivity index (χ1v) is 7.67. The normalized spacial score (nSPS) is 37.5. The first kappa shape index (κ1) is 15.9. The molecule has 5 atom stereocenters. The molecule has 1 heterocycles. The van der Waals surface area contributed by atoms with Crippen LogP contribution in [0.3, 0.4) is 0 Å². The average Bonchev–Trinajstić information content (AvgIpc) is 2.43. The average molecular weight is 295 g/mol. The van der Waals surface area contributed by atoms with Crippen molar-refractivity contribution in [3.8, 4) is 0 Å². The monoisotopic (exact) mass is 295 g/mol. The van der Waals surface area contributed by atoms with Crippen molar-refractivity contribution in [1.82, 2.24) is 10.2 Å². The van der Waals surface area contributed by atoms with E-state index in [1.807, 2.05) is 0 Å². The van der Waals surface area contributed by atoms with Crippen molar-refractivity contribution in [3.63, 3.8) is 0 Å². The van der Waals surface area contributed by atoms with E-state index in [9.17, 15) is 14.4 Å². The maximum atomic E-state index is 12.4. The Hall–Kier alpha value is -1.43. The van der Waals surface area contributed by atoms with Crippen LogP contribution in [0.15, 0.2) is 0 Å². The minimum Gasteiger partial charge on any atom is -0.344 e. The third kappa shape index (κ3) is 3.26. The van der Waals surface area contributed by atoms with Gasteiger partial charge >= 0.3 is 0 Å². The molecule has 2 fully saturated rings. The number of rotatable bonds is 2. The molecule has 1 saturated heterocycles. The van der Waals surface area contributed by atoms with E-state index in [0.717, 1.165) is 11.3 Å². The van der Waals surface area contributed by atoms with Gasteiger partial charge in [-0.05, 0) is 31.1 Å². The summed E-state index contributed by atoms with van der Waals surface area (Å²) in [7, 11) is 1.46. The van der Waals surface area contributed by atoms with Crippen molar-refractivity contribution >= 4 is 17.7 Å². The van der Waals surface area contributed by atoms with Gasteiger partial charge in [-0.15, -0.1) is 0 Å². The van der Waals surface area contributed by atoms with E-state index in [4.69, 9.17) is 5.73 Å². The Balaban J connectivity index is 1.98. The Morgan fingerprint density at radius 2 is 1.90 bits per heavy atom. The van der Waals surface area contributed by atoms with Gasteiger partial charge in [0.25, 0.3) is 5.91 Å². The highest BCUT2D eigenvalue weighted by atomic mass is 16.2. The summed E-state index contributed by atoms with van der Waals surface area (Å²) in [5.74, 6) is -0.0760. The summed E-state index contributed by atoms with van der Waals surface area (Å²) >= 11 is 0. The summed E-state index contributed by atoms with van der Waals surface area (Å²) in [5, 5.41) is 2.82. The molecule has 2 aliphatic rings. The maximum absolute atomic E-state index is 12.4. The number of carbonyl (C=O) groups is 3. The Labute approximate surface area is 125 Å². The number of likely N-dealkylation sites (tertiary alicyclic amines) is 1. The summed E-state index contributed by atoms with van der Waals surface area (Å²) in [6.07, 6.45) is 2.27. The van der Waals surface area contributed by atoms with Crippen LogP contribution < -0.4 is 11.1 Å². The van der Waals surface area contributed by atoms with E-state index in [0.29, 0.717) is 25.2 Å². The van der Waals surface area contributed by atoms with E-state index in [1.54, 1.807) is 0 Å². The van der Waals surface area contributed by atoms with Gasteiger partial charge in [0.15, 0.2) is 0 Å². The third-order valence-corrected chi connectivity index (χ3v) is 4.99. The molecule has 1 aliphatic carbocycles. The second-order valence-electron chi connectivity index (χ2n) is 6.59. The molecule has 3 N–H and O–H groups in total. The number of nitrogens with one attached hydrogen (secondary N) is 1. The van der Waals surface area contributed by atoms with Gasteiger partial charge < -0.3 is 11.1 Å². The summed E-state index contributed by atoms with van der Waals surface area (Å²) < 4.78 is 0. The maximum Gasteiger partial charge on any atom is 0.251 e. The van der Waals surface area contributed by atoms with Gasteiger partial charge in [-0.25, -0.2) is 0 Å². The highest BCUT2D eigenvalue weighted by Crippen LogP contribution is 2.33. The smallest absolute Gasteiger partial charge is 0.251 e. The number of imide groups is 1. The number of piperidine rings is 1. The predicted molar refractivity (Wildman–Crippen MR) is 78.0 cm³/mol. The number of hydrogen-bond donors (Lipinski definition) is 2. The van der Waals surface area contributed by atoms with Crippen LogP contribution in [0.5, 0.6) is 0 Å². The van der Waals surface area contributed by atoms with Gasteiger partial charge in [-0.2, -0.15) is 0 Å². The van der Waals surface area contributed by atoms with Crippen molar-refractivity contribution in [2.75, 3.05) is 7.05 Å². The molecule has 1 aliphatic heterocycles. The Bertz CT molecular complexity index is 451. The highest BCUT2D eigenvalue weighted by molar-refractivity contribution is 6.01. The van der Waals surface area contributed by atoms with Crippen LogP contribution in [0.1, 0.15) is 39.5 Å².